The molecular weight excluding hydrogens is 248 g/mol. The summed E-state index contributed by atoms with van der Waals surface area (Å²) < 4.78 is 0. The van der Waals surface area contributed by atoms with E-state index in [0.717, 1.165) is 0 Å². The Morgan fingerprint density at radius 3 is 2.41 bits per heavy atom. The summed E-state index contributed by atoms with van der Waals surface area (Å²) in [6.45, 7) is -0.250. The van der Waals surface area contributed by atoms with Crippen molar-refractivity contribution >= 4 is 18.3 Å². The van der Waals surface area contributed by atoms with Gasteiger partial charge in [-0.15, -0.1) is 12.4 Å². The van der Waals surface area contributed by atoms with Gasteiger partial charge in [-0.1, -0.05) is 6.07 Å². The fraction of sp³-hybridized carbons (Fsp3) is 0.300. The maximum absolute atomic E-state index is 11.1. The van der Waals surface area contributed by atoms with Gasteiger partial charge in [0.1, 0.15) is 0 Å². The topological polar surface area (TPSA) is 130 Å². The Morgan fingerprint density at radius 2 is 1.94 bits per heavy atom. The first-order chi connectivity index (χ1) is 7.47. The Bertz CT molecular complexity index is 412. The van der Waals surface area contributed by atoms with Crippen LogP contribution in [-0.2, 0) is 6.42 Å². The number of rotatable bonds is 4. The molecule has 0 saturated carbocycles. The van der Waals surface area contributed by atoms with Crippen LogP contribution in [0.4, 0.5) is 0 Å². The number of halogens is 1. The lowest BCUT2D eigenvalue weighted by Crippen LogP contribution is -2.28. The molecule has 0 radical (unpaired) electrons. The highest BCUT2D eigenvalue weighted by atomic mass is 35.5. The first-order valence-corrected chi connectivity index (χ1v) is 4.67. The molecule has 1 atom stereocenters. The van der Waals surface area contributed by atoms with Crippen LogP contribution in [0, 0.1) is 0 Å². The van der Waals surface area contributed by atoms with Gasteiger partial charge in [0.2, 0.25) is 0 Å². The molecule has 0 spiro atoms. The zero-order valence-electron chi connectivity index (χ0n) is 8.96. The Hall–Kier alpha value is -1.50. The number of nitrogens with two attached hydrogens (primary N) is 2. The molecule has 0 aliphatic rings. The normalized spacial score (nSPS) is 11.6. The summed E-state index contributed by atoms with van der Waals surface area (Å²) >= 11 is 0. The fourth-order valence-electron chi connectivity index (χ4n) is 1.41. The van der Waals surface area contributed by atoms with Crippen LogP contribution in [0.1, 0.15) is 15.9 Å². The smallest absolute Gasteiger partial charge is 0.252 e. The molecule has 0 bridgehead atoms. The third kappa shape index (κ3) is 3.48. The molecule has 1 unspecified atom stereocenters. The number of hydrogen-bond donors (Lipinski definition) is 5. The van der Waals surface area contributed by atoms with Gasteiger partial charge < -0.3 is 26.8 Å². The third-order valence-electron chi connectivity index (χ3n) is 2.21. The van der Waals surface area contributed by atoms with Gasteiger partial charge in [0.05, 0.1) is 12.2 Å². The number of aliphatic hydroxyl groups excluding tert-OH is 1. The van der Waals surface area contributed by atoms with Crippen LogP contribution in [0.5, 0.6) is 11.5 Å². The zero-order valence-corrected chi connectivity index (χ0v) is 9.78. The van der Waals surface area contributed by atoms with Crippen molar-refractivity contribution in [1.29, 1.82) is 0 Å². The quantitative estimate of drug-likeness (QED) is 0.466. The van der Waals surface area contributed by atoms with E-state index in [2.05, 4.69) is 0 Å². The number of amides is 1. The summed E-state index contributed by atoms with van der Waals surface area (Å²) in [7, 11) is 0. The number of phenols is 2. The molecule has 0 aliphatic heterocycles. The lowest BCUT2D eigenvalue weighted by Gasteiger charge is -2.13. The largest absolute Gasteiger partial charge is 0.504 e. The van der Waals surface area contributed by atoms with Gasteiger partial charge in [0.15, 0.2) is 11.5 Å². The van der Waals surface area contributed by atoms with Gasteiger partial charge >= 0.3 is 0 Å². The van der Waals surface area contributed by atoms with E-state index < -0.39 is 23.4 Å². The average molecular weight is 263 g/mol. The van der Waals surface area contributed by atoms with Gasteiger partial charge in [-0.25, -0.2) is 0 Å². The van der Waals surface area contributed by atoms with Crippen LogP contribution in [0.15, 0.2) is 12.1 Å². The standard InChI is InChI=1S/C10H14N2O4.ClH/c11-6(4-13)3-5-1-2-7(14)9(15)8(5)10(12)16;/h1-2,6,13-15H,3-4,11H2,(H2,12,16);1H. The van der Waals surface area contributed by atoms with Crippen LogP contribution in [0.2, 0.25) is 0 Å². The maximum Gasteiger partial charge on any atom is 0.252 e. The summed E-state index contributed by atoms with van der Waals surface area (Å²) in [5, 5.41) is 27.5. The SMILES string of the molecule is Cl.NC(=O)c1c(CC(N)CO)ccc(O)c1O. The van der Waals surface area contributed by atoms with E-state index in [-0.39, 0.29) is 31.0 Å². The maximum atomic E-state index is 11.1. The van der Waals surface area contributed by atoms with Crippen molar-refractivity contribution in [2.24, 2.45) is 11.5 Å². The molecule has 7 N–H and O–H groups in total. The second-order valence-electron chi connectivity index (χ2n) is 3.48. The van der Waals surface area contributed by atoms with E-state index in [0.29, 0.717) is 5.56 Å². The van der Waals surface area contributed by atoms with Crippen LogP contribution in [0.3, 0.4) is 0 Å². The van der Waals surface area contributed by atoms with Gasteiger partial charge in [-0.2, -0.15) is 0 Å². The molecule has 7 heteroatoms. The van der Waals surface area contributed by atoms with Crippen molar-refractivity contribution in [3.63, 3.8) is 0 Å². The Morgan fingerprint density at radius 1 is 1.35 bits per heavy atom. The average Bonchev–Trinajstić information content (AvgIpc) is 2.23. The van der Waals surface area contributed by atoms with Gasteiger partial charge in [-0.05, 0) is 18.1 Å². The molecule has 0 aliphatic carbocycles. The second kappa shape index (κ2) is 6.29. The predicted molar refractivity (Wildman–Crippen MR) is 64.3 cm³/mol. The highest BCUT2D eigenvalue weighted by Gasteiger charge is 2.18. The number of aliphatic hydroxyl groups is 1. The molecule has 0 saturated heterocycles. The van der Waals surface area contributed by atoms with Gasteiger partial charge in [-0.3, -0.25) is 4.79 Å². The van der Waals surface area contributed by atoms with Gasteiger partial charge in [0.25, 0.3) is 5.91 Å². The molecule has 96 valence electrons. The van der Waals surface area contributed by atoms with Crippen molar-refractivity contribution in [3.05, 3.63) is 23.3 Å². The van der Waals surface area contributed by atoms with Crippen molar-refractivity contribution in [3.8, 4) is 11.5 Å². The first kappa shape index (κ1) is 15.5. The Labute approximate surface area is 104 Å². The van der Waals surface area contributed by atoms with Crippen molar-refractivity contribution < 1.29 is 20.1 Å². The number of aromatic hydroxyl groups is 2. The predicted octanol–water partition coefficient (Wildman–Crippen LogP) is -0.519. The summed E-state index contributed by atoms with van der Waals surface area (Å²) in [4.78, 5) is 11.1. The number of phenolic OH excluding ortho intramolecular Hbond substituents is 1. The van der Waals surface area contributed by atoms with E-state index in [9.17, 15) is 15.0 Å². The summed E-state index contributed by atoms with van der Waals surface area (Å²) in [5.74, 6) is -1.83. The Balaban J connectivity index is 0.00000256. The molecule has 1 amide bonds. The van der Waals surface area contributed by atoms with Crippen LogP contribution in [-0.4, -0.2) is 33.9 Å². The number of hydrogen-bond acceptors (Lipinski definition) is 5. The van der Waals surface area contributed by atoms with E-state index in [1.54, 1.807) is 0 Å². The molecule has 1 aromatic carbocycles. The second-order valence-corrected chi connectivity index (χ2v) is 3.48. The van der Waals surface area contributed by atoms with Crippen molar-refractivity contribution in [2.75, 3.05) is 6.61 Å². The molecule has 0 aromatic heterocycles. The van der Waals surface area contributed by atoms with E-state index in [1.807, 2.05) is 0 Å². The van der Waals surface area contributed by atoms with Gasteiger partial charge in [0, 0.05) is 6.04 Å². The molecule has 6 nitrogen and oxygen atoms in total. The molecule has 17 heavy (non-hydrogen) atoms. The molecule has 0 heterocycles. The highest BCUT2D eigenvalue weighted by Crippen LogP contribution is 2.31. The van der Waals surface area contributed by atoms with E-state index in [1.165, 1.54) is 12.1 Å². The highest BCUT2D eigenvalue weighted by molar-refractivity contribution is 5.98. The molecule has 1 aromatic rings. The number of carbonyl (C=O) groups is 1. The third-order valence-corrected chi connectivity index (χ3v) is 2.21. The summed E-state index contributed by atoms with van der Waals surface area (Å²) in [6, 6.07) is 2.12. The van der Waals surface area contributed by atoms with Crippen molar-refractivity contribution in [1.82, 2.24) is 0 Å². The summed E-state index contributed by atoms with van der Waals surface area (Å²) in [5.41, 5.74) is 10.8. The number of primary amides is 1. The fourth-order valence-corrected chi connectivity index (χ4v) is 1.41. The van der Waals surface area contributed by atoms with Crippen LogP contribution >= 0.6 is 12.4 Å². The van der Waals surface area contributed by atoms with Crippen LogP contribution < -0.4 is 11.5 Å². The summed E-state index contributed by atoms with van der Waals surface area (Å²) in [6.07, 6.45) is 0.183. The molecule has 1 rings (SSSR count). The number of benzene rings is 1. The molecule has 0 fully saturated rings. The van der Waals surface area contributed by atoms with Crippen molar-refractivity contribution in [2.45, 2.75) is 12.5 Å². The number of carbonyl (C=O) groups excluding carboxylic acids is 1. The Kier molecular flexibility index (Phi) is 5.73. The van der Waals surface area contributed by atoms with Crippen LogP contribution in [0.25, 0.3) is 0 Å². The molecular formula is C10H15ClN2O4. The first-order valence-electron chi connectivity index (χ1n) is 4.67. The monoisotopic (exact) mass is 262 g/mol. The zero-order chi connectivity index (χ0) is 12.3. The minimum atomic E-state index is -0.853. The van der Waals surface area contributed by atoms with E-state index >= 15 is 0 Å². The minimum Gasteiger partial charge on any atom is -0.504 e. The lowest BCUT2D eigenvalue weighted by molar-refractivity contribution is 0.0996. The lowest BCUT2D eigenvalue weighted by atomic mass is 9.99. The van der Waals surface area contributed by atoms with E-state index in [4.69, 9.17) is 16.6 Å². The minimum absolute atomic E-state index is 0.